The van der Waals surface area contributed by atoms with Crippen LogP contribution in [0, 0.1) is 5.92 Å². The van der Waals surface area contributed by atoms with Crippen LogP contribution in [-0.4, -0.2) is 23.3 Å². The summed E-state index contributed by atoms with van der Waals surface area (Å²) in [6, 6.07) is 0. The highest BCUT2D eigenvalue weighted by Gasteiger charge is 2.49. The van der Waals surface area contributed by atoms with Crippen molar-refractivity contribution in [3.63, 3.8) is 0 Å². The van der Waals surface area contributed by atoms with Crippen LogP contribution in [0.5, 0.6) is 0 Å². The van der Waals surface area contributed by atoms with E-state index >= 15 is 0 Å². The lowest BCUT2D eigenvalue weighted by Gasteiger charge is -2.42. The summed E-state index contributed by atoms with van der Waals surface area (Å²) >= 11 is 0. The van der Waals surface area contributed by atoms with Gasteiger partial charge in [0.2, 0.25) is 0 Å². The number of carbonyl (C=O) groups is 1. The standard InChI is InChI=1S/C8H14O3/c1-3-11-8(7(9)10)4-6(2)5-8/h6H,3-5H2,1-2H3,(H,9,10). The zero-order valence-corrected chi connectivity index (χ0v) is 6.96. The quantitative estimate of drug-likeness (QED) is 0.673. The lowest BCUT2D eigenvalue weighted by atomic mass is 9.72. The first-order valence-corrected chi connectivity index (χ1v) is 3.98. The van der Waals surface area contributed by atoms with E-state index in [1.165, 1.54) is 0 Å². The zero-order chi connectivity index (χ0) is 8.48. The van der Waals surface area contributed by atoms with Gasteiger partial charge in [0, 0.05) is 6.61 Å². The van der Waals surface area contributed by atoms with E-state index in [4.69, 9.17) is 9.84 Å². The van der Waals surface area contributed by atoms with Crippen LogP contribution < -0.4 is 0 Å². The molecule has 0 spiro atoms. The Morgan fingerprint density at radius 2 is 2.27 bits per heavy atom. The second-order valence-electron chi connectivity index (χ2n) is 3.25. The second-order valence-corrected chi connectivity index (χ2v) is 3.25. The number of rotatable bonds is 3. The van der Waals surface area contributed by atoms with Gasteiger partial charge in [0.15, 0.2) is 5.60 Å². The molecule has 0 saturated heterocycles. The van der Waals surface area contributed by atoms with Crippen LogP contribution in [-0.2, 0) is 9.53 Å². The minimum Gasteiger partial charge on any atom is -0.479 e. The topological polar surface area (TPSA) is 46.5 Å². The molecule has 0 aromatic heterocycles. The Morgan fingerprint density at radius 3 is 2.55 bits per heavy atom. The van der Waals surface area contributed by atoms with E-state index in [1.807, 2.05) is 13.8 Å². The predicted octanol–water partition coefficient (Wildman–Crippen LogP) is 1.28. The molecule has 0 atom stereocenters. The van der Waals surface area contributed by atoms with Gasteiger partial charge < -0.3 is 9.84 Å². The third-order valence-corrected chi connectivity index (χ3v) is 2.17. The van der Waals surface area contributed by atoms with Gasteiger partial charge >= 0.3 is 5.97 Å². The maximum atomic E-state index is 10.7. The van der Waals surface area contributed by atoms with Gasteiger partial charge in [-0.05, 0) is 25.7 Å². The summed E-state index contributed by atoms with van der Waals surface area (Å²) in [5.41, 5.74) is -0.839. The van der Waals surface area contributed by atoms with E-state index < -0.39 is 11.6 Å². The maximum Gasteiger partial charge on any atom is 0.335 e. The predicted molar refractivity (Wildman–Crippen MR) is 40.4 cm³/mol. The fourth-order valence-corrected chi connectivity index (χ4v) is 1.70. The highest BCUT2D eigenvalue weighted by atomic mass is 16.5. The van der Waals surface area contributed by atoms with Crippen LogP contribution in [0.1, 0.15) is 26.7 Å². The van der Waals surface area contributed by atoms with Crippen LogP contribution in [0.4, 0.5) is 0 Å². The Labute approximate surface area is 66.4 Å². The largest absolute Gasteiger partial charge is 0.479 e. The number of hydrogen-bond donors (Lipinski definition) is 1. The summed E-state index contributed by atoms with van der Waals surface area (Å²) in [6.45, 7) is 4.35. The van der Waals surface area contributed by atoms with E-state index in [9.17, 15) is 4.79 Å². The van der Waals surface area contributed by atoms with E-state index in [1.54, 1.807) is 0 Å². The normalized spacial score (nSPS) is 36.4. The van der Waals surface area contributed by atoms with Gasteiger partial charge in [-0.1, -0.05) is 6.92 Å². The molecule has 1 rings (SSSR count). The van der Waals surface area contributed by atoms with E-state index in [2.05, 4.69) is 0 Å². The molecular weight excluding hydrogens is 144 g/mol. The van der Waals surface area contributed by atoms with Crippen LogP contribution in [0.2, 0.25) is 0 Å². The van der Waals surface area contributed by atoms with E-state index in [0.717, 1.165) is 0 Å². The minimum atomic E-state index is -0.839. The number of ether oxygens (including phenoxy) is 1. The van der Waals surface area contributed by atoms with Gasteiger partial charge in [-0.3, -0.25) is 0 Å². The van der Waals surface area contributed by atoms with Crippen molar-refractivity contribution in [2.45, 2.75) is 32.3 Å². The van der Waals surface area contributed by atoms with E-state index in [-0.39, 0.29) is 0 Å². The number of aliphatic carboxylic acids is 1. The molecule has 0 aromatic carbocycles. The first kappa shape index (κ1) is 8.53. The summed E-state index contributed by atoms with van der Waals surface area (Å²) in [7, 11) is 0. The Hall–Kier alpha value is -0.570. The average molecular weight is 158 g/mol. The molecule has 1 aliphatic carbocycles. The molecular formula is C8H14O3. The third-order valence-electron chi connectivity index (χ3n) is 2.17. The fraction of sp³-hybridized carbons (Fsp3) is 0.875. The summed E-state index contributed by atoms with van der Waals surface area (Å²) < 4.78 is 5.20. The van der Waals surface area contributed by atoms with Gasteiger partial charge in [0.25, 0.3) is 0 Å². The summed E-state index contributed by atoms with van der Waals surface area (Å²) in [5, 5.41) is 8.81. The van der Waals surface area contributed by atoms with Gasteiger partial charge in [-0.15, -0.1) is 0 Å². The van der Waals surface area contributed by atoms with Crippen molar-refractivity contribution in [3.8, 4) is 0 Å². The lowest BCUT2D eigenvalue weighted by molar-refractivity contribution is -0.185. The second kappa shape index (κ2) is 2.81. The number of carboxylic acid groups (broad SMARTS) is 1. The molecule has 0 amide bonds. The molecule has 1 N–H and O–H groups in total. The van der Waals surface area contributed by atoms with Crippen molar-refractivity contribution in [3.05, 3.63) is 0 Å². The first-order valence-electron chi connectivity index (χ1n) is 3.98. The molecule has 1 saturated carbocycles. The Kier molecular flexibility index (Phi) is 2.18. The fourth-order valence-electron chi connectivity index (χ4n) is 1.70. The Balaban J connectivity index is 2.53. The molecule has 0 aromatic rings. The molecule has 1 aliphatic rings. The molecule has 64 valence electrons. The minimum absolute atomic E-state index is 0.485. The van der Waals surface area contributed by atoms with Crippen molar-refractivity contribution in [1.29, 1.82) is 0 Å². The zero-order valence-electron chi connectivity index (χ0n) is 6.96. The Bertz CT molecular complexity index is 153. The Morgan fingerprint density at radius 1 is 1.73 bits per heavy atom. The van der Waals surface area contributed by atoms with Crippen LogP contribution >= 0.6 is 0 Å². The summed E-state index contributed by atoms with van der Waals surface area (Å²) in [5.74, 6) is -0.310. The molecule has 0 radical (unpaired) electrons. The van der Waals surface area contributed by atoms with Crippen LogP contribution in [0.3, 0.4) is 0 Å². The number of hydrogen-bond acceptors (Lipinski definition) is 2. The monoisotopic (exact) mass is 158 g/mol. The highest BCUT2D eigenvalue weighted by molar-refractivity contribution is 5.78. The first-order chi connectivity index (χ1) is 5.10. The SMILES string of the molecule is CCOC1(C(=O)O)CC(C)C1. The lowest BCUT2D eigenvalue weighted by Crippen LogP contribution is -2.51. The molecule has 0 bridgehead atoms. The molecule has 1 fully saturated rings. The summed E-state index contributed by atoms with van der Waals surface area (Å²) in [4.78, 5) is 10.7. The van der Waals surface area contributed by atoms with Gasteiger partial charge in [0.05, 0.1) is 0 Å². The highest BCUT2D eigenvalue weighted by Crippen LogP contribution is 2.40. The third kappa shape index (κ3) is 1.38. The maximum absolute atomic E-state index is 10.7. The van der Waals surface area contributed by atoms with Crippen molar-refractivity contribution < 1.29 is 14.6 Å². The van der Waals surface area contributed by atoms with Crippen molar-refractivity contribution >= 4 is 5.97 Å². The number of carboxylic acids is 1. The molecule has 0 heterocycles. The van der Waals surface area contributed by atoms with Gasteiger partial charge in [-0.2, -0.15) is 0 Å². The van der Waals surface area contributed by atoms with Crippen molar-refractivity contribution in [2.24, 2.45) is 5.92 Å². The molecule has 0 aliphatic heterocycles. The molecule has 3 nitrogen and oxygen atoms in total. The van der Waals surface area contributed by atoms with Crippen LogP contribution in [0.25, 0.3) is 0 Å². The van der Waals surface area contributed by atoms with Crippen molar-refractivity contribution in [2.75, 3.05) is 6.61 Å². The summed E-state index contributed by atoms with van der Waals surface area (Å²) in [6.07, 6.45) is 1.33. The van der Waals surface area contributed by atoms with Gasteiger partial charge in [-0.25, -0.2) is 4.79 Å². The smallest absolute Gasteiger partial charge is 0.335 e. The average Bonchev–Trinajstić information content (AvgIpc) is 1.84. The molecule has 3 heteroatoms. The molecule has 0 unspecified atom stereocenters. The van der Waals surface area contributed by atoms with Crippen LogP contribution in [0.15, 0.2) is 0 Å². The molecule has 11 heavy (non-hydrogen) atoms. The van der Waals surface area contributed by atoms with Gasteiger partial charge in [0.1, 0.15) is 0 Å². The van der Waals surface area contributed by atoms with E-state index in [0.29, 0.717) is 25.4 Å². The van der Waals surface area contributed by atoms with Crippen molar-refractivity contribution in [1.82, 2.24) is 0 Å².